The third-order valence-electron chi connectivity index (χ3n) is 3.75. The molecule has 0 atom stereocenters. The summed E-state index contributed by atoms with van der Waals surface area (Å²) in [5.74, 6) is -0.296. The Bertz CT molecular complexity index is 813. The minimum absolute atomic E-state index is 0.0942. The predicted octanol–water partition coefficient (Wildman–Crippen LogP) is 4.30. The van der Waals surface area contributed by atoms with Crippen LogP contribution in [0.25, 0.3) is 11.1 Å². The Morgan fingerprint density at radius 2 is 1.92 bits per heavy atom. The Hall–Kier alpha value is -2.83. The third kappa shape index (κ3) is 4.22. The molecule has 0 unspecified atom stereocenters. The van der Waals surface area contributed by atoms with Gasteiger partial charge in [-0.05, 0) is 36.2 Å². The number of hydrogen-bond donors (Lipinski definition) is 0. The van der Waals surface area contributed by atoms with E-state index in [1.54, 1.807) is 6.92 Å². The summed E-state index contributed by atoms with van der Waals surface area (Å²) in [5, 5.41) is 0. The molecule has 0 bridgehead atoms. The number of benzene rings is 2. The smallest absolute Gasteiger partial charge is 0.416 e. The van der Waals surface area contributed by atoms with Crippen molar-refractivity contribution in [3.8, 4) is 16.9 Å². The van der Waals surface area contributed by atoms with Crippen LogP contribution >= 0.6 is 0 Å². The van der Waals surface area contributed by atoms with Crippen molar-refractivity contribution in [1.29, 1.82) is 0 Å². The average molecular weight is 366 g/mol. The van der Waals surface area contributed by atoms with E-state index < -0.39 is 17.7 Å². The second-order valence-electron chi connectivity index (χ2n) is 5.39. The number of aldehydes is 1. The summed E-state index contributed by atoms with van der Waals surface area (Å²) in [7, 11) is 1.35. The van der Waals surface area contributed by atoms with E-state index in [-0.39, 0.29) is 35.5 Å². The third-order valence-corrected chi connectivity index (χ3v) is 3.75. The van der Waals surface area contributed by atoms with Crippen LogP contribution in [0.1, 0.15) is 28.4 Å². The van der Waals surface area contributed by atoms with Crippen molar-refractivity contribution in [1.82, 2.24) is 0 Å². The molecule has 0 saturated heterocycles. The van der Waals surface area contributed by atoms with Gasteiger partial charge in [-0.2, -0.15) is 13.2 Å². The van der Waals surface area contributed by atoms with Crippen molar-refractivity contribution in [2.24, 2.45) is 0 Å². The first-order valence-corrected chi connectivity index (χ1v) is 7.80. The molecule has 0 aliphatic heterocycles. The molecule has 0 aliphatic rings. The lowest BCUT2D eigenvalue weighted by atomic mass is 9.92. The molecule has 26 heavy (non-hydrogen) atoms. The van der Waals surface area contributed by atoms with Gasteiger partial charge in [-0.1, -0.05) is 18.2 Å². The maximum Gasteiger partial charge on any atom is 0.416 e. The molecule has 2 rings (SSSR count). The van der Waals surface area contributed by atoms with Crippen molar-refractivity contribution >= 4 is 12.3 Å². The minimum Gasteiger partial charge on any atom is -0.496 e. The van der Waals surface area contributed by atoms with Crippen molar-refractivity contribution < 1.29 is 32.2 Å². The number of hydrogen-bond acceptors (Lipinski definition) is 4. The Balaban J connectivity index is 2.63. The fourth-order valence-corrected chi connectivity index (χ4v) is 2.62. The standard InChI is InChI=1S/C19H17F3O4/c1-3-26-17(24)10-12-7-8-16(25-2)18(15(12)11-23)13-5-4-6-14(9-13)19(20,21)22/h4-9,11H,3,10H2,1-2H3. The molecule has 2 aromatic rings. The largest absolute Gasteiger partial charge is 0.496 e. The van der Waals surface area contributed by atoms with Gasteiger partial charge in [0, 0.05) is 11.1 Å². The molecule has 138 valence electrons. The van der Waals surface area contributed by atoms with Gasteiger partial charge in [0.25, 0.3) is 0 Å². The summed E-state index contributed by atoms with van der Waals surface area (Å²) in [6.07, 6.45) is -4.18. The maximum atomic E-state index is 13.0. The van der Waals surface area contributed by atoms with Crippen LogP contribution in [0.15, 0.2) is 36.4 Å². The Morgan fingerprint density at radius 1 is 1.19 bits per heavy atom. The van der Waals surface area contributed by atoms with Crippen LogP contribution in [0.4, 0.5) is 13.2 Å². The fourth-order valence-electron chi connectivity index (χ4n) is 2.62. The lowest BCUT2D eigenvalue weighted by molar-refractivity contribution is -0.142. The van der Waals surface area contributed by atoms with E-state index in [2.05, 4.69) is 0 Å². The Morgan fingerprint density at radius 3 is 2.50 bits per heavy atom. The van der Waals surface area contributed by atoms with E-state index in [0.717, 1.165) is 12.1 Å². The van der Waals surface area contributed by atoms with E-state index in [4.69, 9.17) is 9.47 Å². The zero-order valence-corrected chi connectivity index (χ0v) is 14.2. The van der Waals surface area contributed by atoms with Gasteiger partial charge in [0.05, 0.1) is 25.7 Å². The fraction of sp³-hybridized carbons (Fsp3) is 0.263. The predicted molar refractivity (Wildman–Crippen MR) is 89.2 cm³/mol. The Labute approximate surface area is 148 Å². The molecule has 0 aromatic heterocycles. The van der Waals surface area contributed by atoms with Crippen LogP contribution in [0, 0.1) is 0 Å². The number of alkyl halides is 3. The molecule has 7 heteroatoms. The summed E-state index contributed by atoms with van der Waals surface area (Å²) >= 11 is 0. The Kier molecular flexibility index (Phi) is 6.02. The second kappa shape index (κ2) is 8.03. The number of rotatable bonds is 6. The van der Waals surface area contributed by atoms with E-state index in [9.17, 15) is 22.8 Å². The SMILES string of the molecule is CCOC(=O)Cc1ccc(OC)c(-c2cccc(C(F)(F)F)c2)c1C=O. The van der Waals surface area contributed by atoms with Crippen LogP contribution < -0.4 is 4.74 Å². The van der Waals surface area contributed by atoms with Gasteiger partial charge >= 0.3 is 12.1 Å². The summed E-state index contributed by atoms with van der Waals surface area (Å²) in [4.78, 5) is 23.4. The number of halogens is 3. The topological polar surface area (TPSA) is 52.6 Å². The summed E-state index contributed by atoms with van der Waals surface area (Å²) < 4.78 is 49.2. The first kappa shape index (κ1) is 19.5. The zero-order chi connectivity index (χ0) is 19.3. The lowest BCUT2D eigenvalue weighted by Gasteiger charge is -2.16. The number of ether oxygens (including phenoxy) is 2. The monoisotopic (exact) mass is 366 g/mol. The van der Waals surface area contributed by atoms with Gasteiger partial charge in [0.1, 0.15) is 5.75 Å². The van der Waals surface area contributed by atoms with Crippen molar-refractivity contribution in [3.05, 3.63) is 53.1 Å². The zero-order valence-electron chi connectivity index (χ0n) is 14.2. The highest BCUT2D eigenvalue weighted by Gasteiger charge is 2.31. The van der Waals surface area contributed by atoms with Gasteiger partial charge in [-0.3, -0.25) is 9.59 Å². The van der Waals surface area contributed by atoms with Gasteiger partial charge in [0.2, 0.25) is 0 Å². The van der Waals surface area contributed by atoms with Crippen molar-refractivity contribution in [2.75, 3.05) is 13.7 Å². The van der Waals surface area contributed by atoms with Gasteiger partial charge in [-0.15, -0.1) is 0 Å². The highest BCUT2D eigenvalue weighted by Crippen LogP contribution is 2.38. The number of carbonyl (C=O) groups is 2. The number of methoxy groups -OCH3 is 1. The molecule has 0 radical (unpaired) electrons. The summed E-state index contributed by atoms with van der Waals surface area (Å²) in [6, 6.07) is 7.63. The van der Waals surface area contributed by atoms with Gasteiger partial charge in [0.15, 0.2) is 6.29 Å². The summed E-state index contributed by atoms with van der Waals surface area (Å²) in [5.41, 5.74) is -0.0204. The molecule has 0 spiro atoms. The molecular weight excluding hydrogens is 349 g/mol. The highest BCUT2D eigenvalue weighted by atomic mass is 19.4. The minimum atomic E-state index is -4.52. The molecule has 0 aliphatic carbocycles. The van der Waals surface area contributed by atoms with Gasteiger partial charge in [-0.25, -0.2) is 0 Å². The van der Waals surface area contributed by atoms with E-state index in [1.165, 1.54) is 31.4 Å². The lowest BCUT2D eigenvalue weighted by Crippen LogP contribution is -2.10. The molecule has 0 fully saturated rings. The van der Waals surface area contributed by atoms with Crippen LogP contribution in [0.3, 0.4) is 0 Å². The molecule has 0 saturated carbocycles. The molecule has 0 amide bonds. The van der Waals surface area contributed by atoms with Crippen LogP contribution in [-0.4, -0.2) is 26.0 Å². The first-order chi connectivity index (χ1) is 12.3. The quantitative estimate of drug-likeness (QED) is 0.565. The van der Waals surface area contributed by atoms with E-state index in [1.807, 2.05) is 0 Å². The average Bonchev–Trinajstić information content (AvgIpc) is 2.60. The molecule has 2 aromatic carbocycles. The number of esters is 1. The molecule has 0 heterocycles. The van der Waals surface area contributed by atoms with Crippen LogP contribution in [0.5, 0.6) is 5.75 Å². The van der Waals surface area contributed by atoms with Crippen molar-refractivity contribution in [3.63, 3.8) is 0 Å². The molecule has 0 N–H and O–H groups in total. The van der Waals surface area contributed by atoms with Crippen LogP contribution in [0.2, 0.25) is 0 Å². The molecular formula is C19H17F3O4. The van der Waals surface area contributed by atoms with E-state index >= 15 is 0 Å². The highest BCUT2D eigenvalue weighted by molar-refractivity contribution is 5.94. The summed E-state index contributed by atoms with van der Waals surface area (Å²) in [6.45, 7) is 1.84. The first-order valence-electron chi connectivity index (χ1n) is 7.80. The number of carbonyl (C=O) groups excluding carboxylic acids is 2. The van der Waals surface area contributed by atoms with Crippen LogP contribution in [-0.2, 0) is 22.1 Å². The van der Waals surface area contributed by atoms with Crippen molar-refractivity contribution in [2.45, 2.75) is 19.5 Å². The van der Waals surface area contributed by atoms with E-state index in [0.29, 0.717) is 11.8 Å². The normalized spacial score (nSPS) is 11.1. The maximum absolute atomic E-state index is 13.0. The van der Waals surface area contributed by atoms with Gasteiger partial charge < -0.3 is 9.47 Å². The molecule has 4 nitrogen and oxygen atoms in total. The second-order valence-corrected chi connectivity index (χ2v) is 5.39.